The number of nitrogens with zero attached hydrogens (tertiary/aromatic N) is 1. The summed E-state index contributed by atoms with van der Waals surface area (Å²) in [6, 6.07) is -4.35. The lowest BCUT2D eigenvalue weighted by atomic mass is 9.94. The number of aliphatic hydroxyl groups excluding tert-OH is 3. The minimum atomic E-state index is -1.61. The van der Waals surface area contributed by atoms with Gasteiger partial charge in [0.05, 0.1) is 12.6 Å². The van der Waals surface area contributed by atoms with Crippen LogP contribution in [-0.4, -0.2) is 122 Å². The number of nitrogens with one attached hydrogen (secondary N) is 1. The van der Waals surface area contributed by atoms with Gasteiger partial charge in [0.15, 0.2) is 12.3 Å². The van der Waals surface area contributed by atoms with E-state index in [0.717, 1.165) is 6.92 Å². The van der Waals surface area contributed by atoms with Crippen molar-refractivity contribution < 1.29 is 59.0 Å². The van der Waals surface area contributed by atoms with Crippen LogP contribution in [0.4, 0.5) is 0 Å². The predicted molar refractivity (Wildman–Crippen MR) is 113 cm³/mol. The molecule has 0 aromatic rings. The third-order valence-corrected chi connectivity index (χ3v) is 5.43. The van der Waals surface area contributed by atoms with Crippen LogP contribution in [0.5, 0.6) is 0 Å². The lowest BCUT2D eigenvalue weighted by molar-refractivity contribution is -0.246. The molecule has 1 heterocycles. The van der Waals surface area contributed by atoms with Crippen molar-refractivity contribution in [1.29, 1.82) is 0 Å². The van der Waals surface area contributed by atoms with Gasteiger partial charge in [-0.1, -0.05) is 0 Å². The third kappa shape index (κ3) is 7.81. The number of ether oxygens (including phenoxy) is 2. The molecule has 0 aromatic heterocycles. The molecule has 1 fully saturated rings. The SMILES string of the molecule is C[C@@H](O[C@H]1[C@H](O)[C@@H](CO)OC(N(C(=O)CO)[C@@H](C)C(=O)N[C@H](CCC(=O)O)C(N)=O)[C@@H]1N)C(=O)O. The van der Waals surface area contributed by atoms with Crippen LogP contribution in [-0.2, 0) is 33.4 Å². The van der Waals surface area contributed by atoms with Gasteiger partial charge in [0.2, 0.25) is 11.8 Å². The van der Waals surface area contributed by atoms with Crippen molar-refractivity contribution in [3.63, 3.8) is 0 Å². The number of primary amides is 1. The summed E-state index contributed by atoms with van der Waals surface area (Å²) in [5.41, 5.74) is 11.3. The van der Waals surface area contributed by atoms with Crippen molar-refractivity contribution in [1.82, 2.24) is 10.2 Å². The fourth-order valence-electron chi connectivity index (χ4n) is 3.45. The Morgan fingerprint density at radius 3 is 2.20 bits per heavy atom. The minimum Gasteiger partial charge on any atom is -0.481 e. The lowest BCUT2D eigenvalue weighted by Gasteiger charge is -2.48. The van der Waals surface area contributed by atoms with Gasteiger partial charge < -0.3 is 56.7 Å². The number of aliphatic hydroxyl groups is 3. The average Bonchev–Trinajstić information content (AvgIpc) is 2.79. The molecular weight excluding hydrogens is 476 g/mol. The predicted octanol–water partition coefficient (Wildman–Crippen LogP) is -4.71. The van der Waals surface area contributed by atoms with Crippen molar-refractivity contribution in [3.05, 3.63) is 0 Å². The van der Waals surface area contributed by atoms with Crippen LogP contribution in [0.2, 0.25) is 0 Å². The number of carboxylic acids is 2. The quantitative estimate of drug-likeness (QED) is 0.116. The van der Waals surface area contributed by atoms with E-state index >= 15 is 0 Å². The molecule has 0 radical (unpaired) electrons. The highest BCUT2D eigenvalue weighted by Crippen LogP contribution is 2.27. The van der Waals surface area contributed by atoms with Gasteiger partial charge in [-0.2, -0.15) is 0 Å². The van der Waals surface area contributed by atoms with Crippen molar-refractivity contribution in [2.24, 2.45) is 11.5 Å². The van der Waals surface area contributed by atoms with E-state index in [-0.39, 0.29) is 6.42 Å². The maximum atomic E-state index is 12.8. The van der Waals surface area contributed by atoms with Gasteiger partial charge in [-0.3, -0.25) is 19.2 Å². The fraction of sp³-hybridized carbons (Fsp3) is 0.737. The number of hydrogen-bond acceptors (Lipinski definition) is 11. The van der Waals surface area contributed by atoms with Gasteiger partial charge in [0.1, 0.15) is 37.0 Å². The molecule has 0 aliphatic carbocycles. The van der Waals surface area contributed by atoms with Crippen molar-refractivity contribution in [2.75, 3.05) is 13.2 Å². The Morgan fingerprint density at radius 2 is 1.74 bits per heavy atom. The van der Waals surface area contributed by atoms with Crippen molar-refractivity contribution in [3.8, 4) is 0 Å². The van der Waals surface area contributed by atoms with E-state index in [1.54, 1.807) is 0 Å². The number of hydrogen-bond donors (Lipinski definition) is 8. The maximum Gasteiger partial charge on any atom is 0.332 e. The van der Waals surface area contributed by atoms with Gasteiger partial charge in [-0.15, -0.1) is 0 Å². The molecule has 0 aromatic carbocycles. The molecule has 16 heteroatoms. The standard InChI is InChI=1S/C19H32N4O12/c1-7(17(31)22-9(16(21)30)3-4-12(27)28)23(11(26)6-25)18-13(20)15(34-8(2)19(32)33)14(29)10(5-24)35-18/h7-10,13-15,18,24-25,29H,3-6,20H2,1-2H3,(H2,21,30)(H,22,31)(H,27,28)(H,32,33)/t7-,8+,9+,10+,13+,14+,15+,18?/m0/s1. The molecule has 1 aliphatic heterocycles. The zero-order chi connectivity index (χ0) is 27.0. The molecule has 0 spiro atoms. The number of amides is 3. The summed E-state index contributed by atoms with van der Waals surface area (Å²) in [4.78, 5) is 59.7. The summed E-state index contributed by atoms with van der Waals surface area (Å²) >= 11 is 0. The second-order valence-electron chi connectivity index (χ2n) is 7.93. The first-order valence-electron chi connectivity index (χ1n) is 10.6. The van der Waals surface area contributed by atoms with Gasteiger partial charge >= 0.3 is 11.9 Å². The van der Waals surface area contributed by atoms with Crippen LogP contribution in [0.1, 0.15) is 26.7 Å². The lowest BCUT2D eigenvalue weighted by Crippen LogP contribution is -2.70. The first kappa shape index (κ1) is 30.1. The Labute approximate surface area is 199 Å². The number of carbonyl (C=O) groups excluding carboxylic acids is 3. The molecule has 35 heavy (non-hydrogen) atoms. The van der Waals surface area contributed by atoms with Crippen molar-refractivity contribution >= 4 is 29.7 Å². The molecule has 1 unspecified atom stereocenters. The third-order valence-electron chi connectivity index (χ3n) is 5.43. The van der Waals surface area contributed by atoms with Crippen LogP contribution in [0.25, 0.3) is 0 Å². The fourth-order valence-corrected chi connectivity index (χ4v) is 3.45. The first-order valence-corrected chi connectivity index (χ1v) is 10.6. The van der Waals surface area contributed by atoms with E-state index < -0.39 is 98.1 Å². The second kappa shape index (κ2) is 13.3. The van der Waals surface area contributed by atoms with Crippen LogP contribution >= 0.6 is 0 Å². The van der Waals surface area contributed by atoms with E-state index in [1.807, 2.05) is 0 Å². The topological polar surface area (TPSA) is 272 Å². The van der Waals surface area contributed by atoms with E-state index in [9.17, 15) is 39.3 Å². The zero-order valence-corrected chi connectivity index (χ0v) is 19.1. The zero-order valence-electron chi connectivity index (χ0n) is 19.1. The molecule has 10 N–H and O–H groups in total. The number of nitrogens with two attached hydrogens (primary N) is 2. The number of aliphatic carboxylic acids is 2. The van der Waals surface area contributed by atoms with Crippen molar-refractivity contribution in [2.45, 2.75) is 75.5 Å². The van der Waals surface area contributed by atoms with E-state index in [1.165, 1.54) is 6.92 Å². The summed E-state index contributed by atoms with van der Waals surface area (Å²) in [6.45, 7) is 0.426. The van der Waals surface area contributed by atoms with Crippen LogP contribution in [0.3, 0.4) is 0 Å². The highest BCUT2D eigenvalue weighted by atomic mass is 16.6. The summed E-state index contributed by atoms with van der Waals surface area (Å²) < 4.78 is 10.8. The number of rotatable bonds is 13. The average molecular weight is 508 g/mol. The largest absolute Gasteiger partial charge is 0.481 e. The normalized spacial score (nSPS) is 26.7. The smallest absolute Gasteiger partial charge is 0.332 e. The van der Waals surface area contributed by atoms with E-state index in [4.69, 9.17) is 31.2 Å². The monoisotopic (exact) mass is 508 g/mol. The van der Waals surface area contributed by atoms with Gasteiger partial charge in [0.25, 0.3) is 5.91 Å². The van der Waals surface area contributed by atoms with E-state index in [0.29, 0.717) is 4.90 Å². The second-order valence-corrected chi connectivity index (χ2v) is 7.93. The van der Waals surface area contributed by atoms with Gasteiger partial charge in [0, 0.05) is 6.42 Å². The first-order chi connectivity index (χ1) is 16.3. The summed E-state index contributed by atoms with van der Waals surface area (Å²) in [5.74, 6) is -5.72. The Balaban J connectivity index is 3.25. The number of carboxylic acid groups (broad SMARTS) is 2. The minimum absolute atomic E-state index is 0.335. The highest BCUT2D eigenvalue weighted by molar-refractivity contribution is 5.91. The molecular formula is C19H32N4O12. The Kier molecular flexibility index (Phi) is 11.4. The Bertz CT molecular complexity index is 796. The Hall–Kier alpha value is -2.89. The number of carbonyl (C=O) groups is 5. The van der Waals surface area contributed by atoms with E-state index in [2.05, 4.69) is 5.32 Å². The van der Waals surface area contributed by atoms with Gasteiger partial charge in [-0.25, -0.2) is 4.79 Å². The summed E-state index contributed by atoms with van der Waals surface area (Å²) in [5, 5.41) is 49.7. The molecule has 8 atom stereocenters. The molecule has 1 rings (SSSR count). The molecule has 16 nitrogen and oxygen atoms in total. The summed E-state index contributed by atoms with van der Waals surface area (Å²) in [7, 11) is 0. The molecule has 200 valence electrons. The molecule has 0 bridgehead atoms. The molecule has 0 saturated carbocycles. The van der Waals surface area contributed by atoms with Gasteiger partial charge in [-0.05, 0) is 20.3 Å². The maximum absolute atomic E-state index is 12.8. The van der Waals surface area contributed by atoms with Crippen LogP contribution in [0.15, 0.2) is 0 Å². The van der Waals surface area contributed by atoms with Crippen LogP contribution < -0.4 is 16.8 Å². The molecule has 1 aliphatic rings. The summed E-state index contributed by atoms with van der Waals surface area (Å²) in [6.07, 6.45) is -8.38. The van der Waals surface area contributed by atoms with Crippen LogP contribution in [0, 0.1) is 0 Å². The molecule has 1 saturated heterocycles. The highest BCUT2D eigenvalue weighted by Gasteiger charge is 2.50. The molecule has 3 amide bonds. The Morgan fingerprint density at radius 1 is 1.14 bits per heavy atom.